The second-order valence-corrected chi connectivity index (χ2v) is 11.6. The first-order valence-electron chi connectivity index (χ1n) is 14.5. The van der Waals surface area contributed by atoms with E-state index < -0.39 is 11.0 Å². The molecule has 2 aliphatic heterocycles. The van der Waals surface area contributed by atoms with E-state index >= 15 is 0 Å². The molecule has 3 aliphatic rings. The van der Waals surface area contributed by atoms with E-state index in [0.29, 0.717) is 45.0 Å². The van der Waals surface area contributed by atoms with Crippen molar-refractivity contribution < 1.29 is 14.6 Å². The van der Waals surface area contributed by atoms with Gasteiger partial charge in [0, 0.05) is 36.7 Å². The van der Waals surface area contributed by atoms with E-state index in [0.717, 1.165) is 43.2 Å². The number of carbonyl (C=O) groups excluding carboxylic acids is 1. The smallest absolute Gasteiger partial charge is 0.320 e. The molecule has 0 radical (unpaired) electrons. The molecule has 40 heavy (non-hydrogen) atoms. The van der Waals surface area contributed by atoms with Crippen LogP contribution in [0.25, 0.3) is 11.3 Å². The summed E-state index contributed by atoms with van der Waals surface area (Å²) in [4.78, 5) is 35.6. The van der Waals surface area contributed by atoms with E-state index in [1.807, 2.05) is 70.5 Å². The van der Waals surface area contributed by atoms with E-state index in [1.54, 1.807) is 17.0 Å². The van der Waals surface area contributed by atoms with Crippen LogP contribution >= 0.6 is 0 Å². The van der Waals surface area contributed by atoms with Gasteiger partial charge in [0.05, 0.1) is 43.4 Å². The summed E-state index contributed by atoms with van der Waals surface area (Å²) in [6.45, 7) is 2.66. The van der Waals surface area contributed by atoms with Crippen molar-refractivity contribution in [1.29, 1.82) is 0 Å². The molecule has 2 unspecified atom stereocenters. The number of rotatable bonds is 4. The lowest BCUT2D eigenvalue weighted by Gasteiger charge is -2.56. The van der Waals surface area contributed by atoms with Crippen molar-refractivity contribution in [2.75, 3.05) is 32.8 Å². The van der Waals surface area contributed by atoms with Crippen LogP contribution in [0.5, 0.6) is 0 Å². The molecule has 3 aromatic rings. The maximum Gasteiger partial charge on any atom is 0.320 e. The van der Waals surface area contributed by atoms with Crippen LogP contribution in [0.3, 0.4) is 0 Å². The van der Waals surface area contributed by atoms with Crippen molar-refractivity contribution in [1.82, 2.24) is 19.4 Å². The van der Waals surface area contributed by atoms with Crippen LogP contribution in [0, 0.1) is 5.41 Å². The van der Waals surface area contributed by atoms with E-state index in [1.165, 1.54) is 0 Å². The molecule has 1 N–H and O–H groups in total. The first-order chi connectivity index (χ1) is 19.5. The fraction of sp³-hybridized carbons (Fsp3) is 0.469. The number of hydrogen-bond acceptors (Lipinski definition) is 5. The van der Waals surface area contributed by atoms with Gasteiger partial charge in [0.2, 0.25) is 0 Å². The number of amides is 2. The number of ether oxygens (including phenoxy) is 1. The van der Waals surface area contributed by atoms with Crippen LogP contribution in [-0.2, 0) is 11.3 Å². The standard InChI is InChI=1S/C32H38N4O4/c37-29-20-27(25-10-4-1-5-11-25)33-24-35(29)23-32(39)16-17-34(22-31(32)14-8-3-9-15-31)30(38)36-18-19-40-21-28(36)26-12-6-2-7-13-26/h1-2,4-7,10-13,20,24,28,39H,3,8-9,14-19,21-23H2. The van der Waals surface area contributed by atoms with Crippen LogP contribution in [0.15, 0.2) is 77.9 Å². The quantitative estimate of drug-likeness (QED) is 0.525. The van der Waals surface area contributed by atoms with Gasteiger partial charge in [0.1, 0.15) is 0 Å². The van der Waals surface area contributed by atoms with Gasteiger partial charge in [-0.1, -0.05) is 79.9 Å². The maximum atomic E-state index is 14.0. The molecule has 210 valence electrons. The average molecular weight is 543 g/mol. The third kappa shape index (κ3) is 5.06. The zero-order chi connectivity index (χ0) is 27.6. The molecule has 3 heterocycles. The molecule has 1 saturated carbocycles. The van der Waals surface area contributed by atoms with Gasteiger partial charge in [0.25, 0.3) is 5.56 Å². The van der Waals surface area contributed by atoms with Crippen LogP contribution in [0.1, 0.15) is 50.1 Å². The van der Waals surface area contributed by atoms with E-state index in [-0.39, 0.29) is 24.2 Å². The number of aromatic nitrogens is 2. The summed E-state index contributed by atoms with van der Waals surface area (Å²) < 4.78 is 7.32. The topological polar surface area (TPSA) is 87.9 Å². The van der Waals surface area contributed by atoms with Crippen LogP contribution < -0.4 is 5.56 Å². The van der Waals surface area contributed by atoms with Gasteiger partial charge >= 0.3 is 6.03 Å². The Morgan fingerprint density at radius 1 is 0.975 bits per heavy atom. The Balaban J connectivity index is 1.24. The van der Waals surface area contributed by atoms with Gasteiger partial charge in [-0.3, -0.25) is 9.36 Å². The average Bonchev–Trinajstić information content (AvgIpc) is 3.01. The fourth-order valence-electron chi connectivity index (χ4n) is 7.00. The fourth-order valence-corrected chi connectivity index (χ4v) is 7.00. The monoisotopic (exact) mass is 542 g/mol. The Morgan fingerprint density at radius 2 is 1.70 bits per heavy atom. The first kappa shape index (κ1) is 26.7. The molecule has 1 aliphatic carbocycles. The van der Waals surface area contributed by atoms with Gasteiger partial charge in [-0.25, -0.2) is 9.78 Å². The number of benzene rings is 2. The number of nitrogens with zero attached hydrogens (tertiary/aromatic N) is 4. The number of piperidine rings is 1. The predicted molar refractivity (Wildman–Crippen MR) is 153 cm³/mol. The summed E-state index contributed by atoms with van der Waals surface area (Å²) >= 11 is 0. The lowest BCUT2D eigenvalue weighted by atomic mass is 9.60. The molecule has 8 heteroatoms. The Labute approximate surface area is 235 Å². The second kappa shape index (κ2) is 11.2. The van der Waals surface area contributed by atoms with Gasteiger partial charge in [0.15, 0.2) is 0 Å². The molecule has 2 aromatic carbocycles. The third-order valence-electron chi connectivity index (χ3n) is 9.30. The number of hydrogen-bond donors (Lipinski definition) is 1. The zero-order valence-electron chi connectivity index (χ0n) is 23.0. The van der Waals surface area contributed by atoms with E-state index in [9.17, 15) is 14.7 Å². The molecule has 3 fully saturated rings. The second-order valence-electron chi connectivity index (χ2n) is 11.6. The van der Waals surface area contributed by atoms with Gasteiger partial charge < -0.3 is 19.6 Å². The molecule has 2 atom stereocenters. The number of morpholine rings is 1. The number of aliphatic hydroxyl groups is 1. The van der Waals surface area contributed by atoms with Crippen molar-refractivity contribution in [2.24, 2.45) is 5.41 Å². The molecule has 6 rings (SSSR count). The van der Waals surface area contributed by atoms with Crippen LogP contribution in [-0.4, -0.2) is 68.9 Å². The first-order valence-corrected chi connectivity index (χ1v) is 14.5. The van der Waals surface area contributed by atoms with Gasteiger partial charge in [-0.05, 0) is 24.8 Å². The molecule has 1 spiro atoms. The molecular formula is C32H38N4O4. The van der Waals surface area contributed by atoms with Gasteiger partial charge in [-0.15, -0.1) is 0 Å². The molecule has 8 nitrogen and oxygen atoms in total. The molecule has 2 saturated heterocycles. The van der Waals surface area contributed by atoms with Crippen molar-refractivity contribution >= 4 is 6.03 Å². The zero-order valence-corrected chi connectivity index (χ0v) is 23.0. The Kier molecular flexibility index (Phi) is 7.47. The number of carbonyl (C=O) groups is 1. The van der Waals surface area contributed by atoms with Crippen LogP contribution in [0.4, 0.5) is 4.79 Å². The predicted octanol–water partition coefficient (Wildman–Crippen LogP) is 4.49. The highest BCUT2D eigenvalue weighted by Crippen LogP contribution is 2.50. The van der Waals surface area contributed by atoms with E-state index in [4.69, 9.17) is 4.74 Å². The number of urea groups is 1. The summed E-state index contributed by atoms with van der Waals surface area (Å²) in [5.41, 5.74) is 0.838. The highest BCUT2D eigenvalue weighted by Gasteiger charge is 2.55. The summed E-state index contributed by atoms with van der Waals surface area (Å²) in [7, 11) is 0. The lowest BCUT2D eigenvalue weighted by molar-refractivity contribution is -0.154. The van der Waals surface area contributed by atoms with Crippen molar-refractivity contribution in [2.45, 2.75) is 56.7 Å². The summed E-state index contributed by atoms with van der Waals surface area (Å²) in [6, 6.07) is 21.1. The summed E-state index contributed by atoms with van der Waals surface area (Å²) in [6.07, 6.45) is 6.80. The lowest BCUT2D eigenvalue weighted by Crippen LogP contribution is -2.65. The minimum Gasteiger partial charge on any atom is -0.387 e. The molecule has 1 aromatic heterocycles. The minimum absolute atomic E-state index is 0.00944. The minimum atomic E-state index is -1.10. The SMILES string of the molecule is O=C(N1CCC(O)(Cn2cnc(-c3ccccc3)cc2=O)C2(CCCCC2)C1)N1CCOCC1c1ccccc1. The molecule has 0 bridgehead atoms. The number of likely N-dealkylation sites (tertiary alicyclic amines) is 1. The Hall–Kier alpha value is -3.49. The summed E-state index contributed by atoms with van der Waals surface area (Å²) in [5, 5.41) is 12.3. The van der Waals surface area contributed by atoms with Crippen LogP contribution in [0.2, 0.25) is 0 Å². The third-order valence-corrected chi connectivity index (χ3v) is 9.30. The highest BCUT2D eigenvalue weighted by molar-refractivity contribution is 5.75. The van der Waals surface area contributed by atoms with Crippen molar-refractivity contribution in [3.63, 3.8) is 0 Å². The summed E-state index contributed by atoms with van der Waals surface area (Å²) in [5.74, 6) is 0. The van der Waals surface area contributed by atoms with E-state index in [2.05, 4.69) is 4.98 Å². The normalized spacial score (nSPS) is 24.7. The Morgan fingerprint density at radius 3 is 2.42 bits per heavy atom. The highest BCUT2D eigenvalue weighted by atomic mass is 16.5. The van der Waals surface area contributed by atoms with Gasteiger partial charge in [-0.2, -0.15) is 0 Å². The maximum absolute atomic E-state index is 14.0. The Bertz CT molecular complexity index is 1370. The largest absolute Gasteiger partial charge is 0.387 e. The molecular weight excluding hydrogens is 504 g/mol. The van der Waals surface area contributed by atoms with Crippen molar-refractivity contribution in [3.05, 3.63) is 89.0 Å². The molecule has 2 amide bonds. The van der Waals surface area contributed by atoms with Crippen molar-refractivity contribution in [3.8, 4) is 11.3 Å².